The van der Waals surface area contributed by atoms with Gasteiger partial charge in [-0.15, -0.1) is 0 Å². The van der Waals surface area contributed by atoms with Gasteiger partial charge in [-0.05, 0) is 24.5 Å². The summed E-state index contributed by atoms with van der Waals surface area (Å²) >= 11 is 0. The van der Waals surface area contributed by atoms with Gasteiger partial charge < -0.3 is 19.9 Å². The molecule has 1 aromatic rings. The summed E-state index contributed by atoms with van der Waals surface area (Å²) < 4.78 is 10.7. The number of Topliss-reactive ketones (excluding diaryl/α,β-unsaturated/α-hetero) is 1. The number of nitrogens with zero attached hydrogens (tertiary/aromatic N) is 1. The zero-order valence-corrected chi connectivity index (χ0v) is 15.8. The molecule has 0 amide bonds. The zero-order chi connectivity index (χ0) is 19.0. The Hall–Kier alpha value is -2.50. The molecule has 2 N–H and O–H groups in total. The normalized spacial score (nSPS) is 27.7. The number of ether oxygens (including phenoxy) is 2. The number of allylic oxidation sites excluding steroid dienone is 1. The van der Waals surface area contributed by atoms with Gasteiger partial charge in [-0.25, -0.2) is 0 Å². The van der Waals surface area contributed by atoms with E-state index >= 15 is 0 Å². The number of nitrogens with one attached hydrogen (secondary N) is 1. The van der Waals surface area contributed by atoms with Crippen LogP contribution in [0.1, 0.15) is 50.0 Å². The number of benzene rings is 1. The molecule has 4 rings (SSSR count). The summed E-state index contributed by atoms with van der Waals surface area (Å²) in [7, 11) is 3.20. The molecule has 1 aromatic carbocycles. The molecule has 1 aliphatic heterocycles. The van der Waals surface area contributed by atoms with E-state index in [2.05, 4.69) is 5.32 Å². The van der Waals surface area contributed by atoms with Crippen molar-refractivity contribution in [2.45, 2.75) is 56.5 Å². The number of aliphatic imine (C=N–C) groups is 1. The Morgan fingerprint density at radius 2 is 1.96 bits per heavy atom. The summed E-state index contributed by atoms with van der Waals surface area (Å²) in [4.78, 5) is 17.6. The monoisotopic (exact) mass is 370 g/mol. The Balaban J connectivity index is 1.59. The second-order valence-electron chi connectivity index (χ2n) is 7.54. The molecule has 1 unspecified atom stereocenters. The minimum Gasteiger partial charge on any atom is -0.511 e. The molecule has 1 fully saturated rings. The van der Waals surface area contributed by atoms with Crippen LogP contribution >= 0.6 is 0 Å². The standard InChI is InChI=1S/C21H26N2O4/c1-26-13-7-8-14(19(11-13)27-2)12-9-17(24)20(18(25)10-12)21-22-15-5-3-4-6-16(15)23-21/h7-8,11-12,15-16,24H,3-6,9-10H2,1-2H3,(H,22,23)/t12?,15-,16-/m0/s1. The van der Waals surface area contributed by atoms with Gasteiger partial charge in [0, 0.05) is 30.9 Å². The Kier molecular flexibility index (Phi) is 4.81. The summed E-state index contributed by atoms with van der Waals surface area (Å²) in [6, 6.07) is 6.12. The van der Waals surface area contributed by atoms with Gasteiger partial charge in [0.15, 0.2) is 5.78 Å². The van der Waals surface area contributed by atoms with Crippen LogP contribution < -0.4 is 14.8 Å². The van der Waals surface area contributed by atoms with Crippen molar-refractivity contribution in [2.24, 2.45) is 4.99 Å². The molecule has 2 aliphatic carbocycles. The average Bonchev–Trinajstić information content (AvgIpc) is 3.10. The first-order chi connectivity index (χ1) is 13.1. The number of carbonyl (C=O) groups is 1. The SMILES string of the molecule is COc1ccc(C2CC(=O)C(C3=N[C@H]4CCCC[C@@H]4N3)=C(O)C2)c(OC)c1. The highest BCUT2D eigenvalue weighted by molar-refractivity contribution is 6.23. The van der Waals surface area contributed by atoms with Gasteiger partial charge in [-0.2, -0.15) is 0 Å². The van der Waals surface area contributed by atoms with E-state index in [1.807, 2.05) is 18.2 Å². The molecule has 27 heavy (non-hydrogen) atoms. The Labute approximate surface area is 159 Å². The molecule has 0 bridgehead atoms. The second kappa shape index (κ2) is 7.25. The number of hydrogen-bond acceptors (Lipinski definition) is 6. The third kappa shape index (κ3) is 3.29. The number of aliphatic hydroxyl groups is 1. The molecule has 0 saturated heterocycles. The van der Waals surface area contributed by atoms with Crippen molar-refractivity contribution in [3.8, 4) is 11.5 Å². The third-order valence-electron chi connectivity index (χ3n) is 5.90. The minimum absolute atomic E-state index is 0.0634. The van der Waals surface area contributed by atoms with E-state index in [4.69, 9.17) is 14.5 Å². The molecule has 6 heteroatoms. The number of aliphatic hydroxyl groups excluding tert-OH is 1. The van der Waals surface area contributed by atoms with Gasteiger partial charge in [0.25, 0.3) is 0 Å². The second-order valence-corrected chi connectivity index (χ2v) is 7.54. The van der Waals surface area contributed by atoms with Crippen LogP contribution in [-0.2, 0) is 4.79 Å². The van der Waals surface area contributed by atoms with Crippen molar-refractivity contribution in [2.75, 3.05) is 14.2 Å². The van der Waals surface area contributed by atoms with Crippen LogP contribution in [0.2, 0.25) is 0 Å². The van der Waals surface area contributed by atoms with Gasteiger partial charge in [0.2, 0.25) is 0 Å². The van der Waals surface area contributed by atoms with Gasteiger partial charge in [0.05, 0.1) is 25.8 Å². The fraction of sp³-hybridized carbons (Fsp3) is 0.524. The molecule has 3 aliphatic rings. The molecule has 6 nitrogen and oxygen atoms in total. The maximum Gasteiger partial charge on any atom is 0.170 e. The fourth-order valence-electron chi connectivity index (χ4n) is 4.49. The highest BCUT2D eigenvalue weighted by atomic mass is 16.5. The summed E-state index contributed by atoms with van der Waals surface area (Å²) in [6.07, 6.45) is 5.23. The third-order valence-corrected chi connectivity index (χ3v) is 5.90. The fourth-order valence-corrected chi connectivity index (χ4v) is 4.49. The number of hydrogen-bond donors (Lipinski definition) is 2. The lowest BCUT2D eigenvalue weighted by atomic mass is 9.82. The summed E-state index contributed by atoms with van der Waals surface area (Å²) in [5.74, 6) is 1.91. The topological polar surface area (TPSA) is 80.2 Å². The van der Waals surface area contributed by atoms with Crippen LogP contribution in [-0.4, -0.2) is 43.0 Å². The molecule has 0 radical (unpaired) electrons. The number of methoxy groups -OCH3 is 2. The number of fused-ring (bicyclic) bond motifs is 1. The van der Waals surface area contributed by atoms with E-state index in [-0.39, 0.29) is 23.5 Å². The predicted octanol–water partition coefficient (Wildman–Crippen LogP) is 3.28. The lowest BCUT2D eigenvalue weighted by molar-refractivity contribution is -0.116. The summed E-state index contributed by atoms with van der Waals surface area (Å²) in [6.45, 7) is 0. The van der Waals surface area contributed by atoms with Crippen molar-refractivity contribution in [1.29, 1.82) is 0 Å². The highest BCUT2D eigenvalue weighted by Crippen LogP contribution is 2.40. The van der Waals surface area contributed by atoms with Crippen molar-refractivity contribution in [1.82, 2.24) is 5.32 Å². The smallest absolute Gasteiger partial charge is 0.170 e. The predicted molar refractivity (Wildman–Crippen MR) is 103 cm³/mol. The molecule has 1 saturated carbocycles. The highest BCUT2D eigenvalue weighted by Gasteiger charge is 2.38. The number of rotatable bonds is 4. The number of ketones is 1. The Bertz CT molecular complexity index is 814. The maximum absolute atomic E-state index is 12.9. The first kappa shape index (κ1) is 17.9. The number of amidine groups is 1. The van der Waals surface area contributed by atoms with E-state index in [0.717, 1.165) is 18.4 Å². The van der Waals surface area contributed by atoms with Crippen molar-refractivity contribution in [3.63, 3.8) is 0 Å². The number of carbonyl (C=O) groups excluding carboxylic acids is 1. The van der Waals surface area contributed by atoms with Crippen LogP contribution in [0.15, 0.2) is 34.5 Å². The average molecular weight is 370 g/mol. The molecule has 3 atom stereocenters. The molecular weight excluding hydrogens is 344 g/mol. The van der Waals surface area contributed by atoms with Crippen LogP contribution in [0.25, 0.3) is 0 Å². The molecule has 144 valence electrons. The summed E-state index contributed by atoms with van der Waals surface area (Å²) in [5, 5.41) is 14.1. The Morgan fingerprint density at radius 3 is 2.67 bits per heavy atom. The first-order valence-corrected chi connectivity index (χ1v) is 9.62. The van der Waals surface area contributed by atoms with Crippen molar-refractivity contribution >= 4 is 11.6 Å². The quantitative estimate of drug-likeness (QED) is 0.850. The van der Waals surface area contributed by atoms with E-state index in [1.165, 1.54) is 12.8 Å². The van der Waals surface area contributed by atoms with E-state index < -0.39 is 0 Å². The van der Waals surface area contributed by atoms with Crippen LogP contribution in [0.4, 0.5) is 0 Å². The zero-order valence-electron chi connectivity index (χ0n) is 15.8. The van der Waals surface area contributed by atoms with E-state index in [0.29, 0.717) is 41.8 Å². The van der Waals surface area contributed by atoms with Crippen molar-refractivity contribution in [3.05, 3.63) is 35.1 Å². The maximum atomic E-state index is 12.9. The molecule has 0 aromatic heterocycles. The Morgan fingerprint density at radius 1 is 1.15 bits per heavy atom. The lowest BCUT2D eigenvalue weighted by Crippen LogP contribution is -2.39. The van der Waals surface area contributed by atoms with Crippen LogP contribution in [0.3, 0.4) is 0 Å². The van der Waals surface area contributed by atoms with Gasteiger partial charge in [-0.3, -0.25) is 9.79 Å². The van der Waals surface area contributed by atoms with E-state index in [1.54, 1.807) is 14.2 Å². The summed E-state index contributed by atoms with van der Waals surface area (Å²) in [5.41, 5.74) is 1.29. The van der Waals surface area contributed by atoms with Gasteiger partial charge in [-0.1, -0.05) is 18.9 Å². The molecular formula is C21H26N2O4. The molecule has 1 heterocycles. The van der Waals surface area contributed by atoms with Crippen molar-refractivity contribution < 1.29 is 19.4 Å². The van der Waals surface area contributed by atoms with Gasteiger partial charge >= 0.3 is 0 Å². The molecule has 0 spiro atoms. The lowest BCUT2D eigenvalue weighted by Gasteiger charge is -2.26. The largest absolute Gasteiger partial charge is 0.511 e. The van der Waals surface area contributed by atoms with Crippen LogP contribution in [0, 0.1) is 0 Å². The van der Waals surface area contributed by atoms with Gasteiger partial charge in [0.1, 0.15) is 23.1 Å². The van der Waals surface area contributed by atoms with Crippen LogP contribution in [0.5, 0.6) is 11.5 Å². The van der Waals surface area contributed by atoms with E-state index in [9.17, 15) is 9.90 Å². The minimum atomic E-state index is -0.119. The first-order valence-electron chi connectivity index (χ1n) is 9.62.